The number of aromatic nitrogens is 5. The fraction of sp³-hybridized carbons (Fsp3) is 0.320. The molecule has 0 radical (unpaired) electrons. The summed E-state index contributed by atoms with van der Waals surface area (Å²) >= 11 is 0. The van der Waals surface area contributed by atoms with Gasteiger partial charge >= 0.3 is 5.56 Å². The maximum atomic E-state index is 15.1. The van der Waals surface area contributed by atoms with Gasteiger partial charge in [-0.2, -0.15) is 9.49 Å². The van der Waals surface area contributed by atoms with E-state index in [0.29, 0.717) is 38.0 Å². The molecule has 1 aromatic carbocycles. The SMILES string of the molecule is C[C@@H](CCCn1ccc2cc(-c3ncc(C4(P)COC4)c(N)n3)c(F)cc2c1=O)Nc1cn[nH]c(=O)c1F. The van der Waals surface area contributed by atoms with Crippen LogP contribution in [0.3, 0.4) is 0 Å². The van der Waals surface area contributed by atoms with E-state index in [0.717, 1.165) is 5.56 Å². The summed E-state index contributed by atoms with van der Waals surface area (Å²) in [4.78, 5) is 33.0. The first-order valence-corrected chi connectivity index (χ1v) is 12.6. The number of anilines is 2. The van der Waals surface area contributed by atoms with E-state index in [1.54, 1.807) is 24.5 Å². The highest BCUT2D eigenvalue weighted by Gasteiger charge is 2.38. The molecule has 0 saturated carbocycles. The van der Waals surface area contributed by atoms with Gasteiger partial charge in [0.2, 0.25) is 5.82 Å². The Morgan fingerprint density at radius 2 is 2.08 bits per heavy atom. The van der Waals surface area contributed by atoms with Crippen molar-refractivity contribution >= 4 is 31.5 Å². The number of H-pyrrole nitrogens is 1. The zero-order valence-electron chi connectivity index (χ0n) is 20.5. The van der Waals surface area contributed by atoms with Crippen LogP contribution in [-0.2, 0) is 16.4 Å². The van der Waals surface area contributed by atoms with Gasteiger partial charge in [0.25, 0.3) is 5.56 Å². The van der Waals surface area contributed by atoms with Gasteiger partial charge in [-0.25, -0.2) is 19.5 Å². The molecule has 10 nitrogen and oxygen atoms in total. The largest absolute Gasteiger partial charge is 0.383 e. The fourth-order valence-electron chi connectivity index (χ4n) is 4.43. The second-order valence-corrected chi connectivity index (χ2v) is 10.6. The molecule has 0 bridgehead atoms. The Labute approximate surface area is 217 Å². The number of aromatic amines is 1. The minimum absolute atomic E-state index is 0.0147. The van der Waals surface area contributed by atoms with Gasteiger partial charge in [-0.15, -0.1) is 9.24 Å². The predicted molar refractivity (Wildman–Crippen MR) is 143 cm³/mol. The average molecular weight is 541 g/mol. The number of hydrogen-bond donors (Lipinski definition) is 3. The molecule has 0 spiro atoms. The minimum atomic E-state index is -0.927. The number of aryl methyl sites for hydroxylation is 1. The number of nitrogens with two attached hydrogens (primary N) is 1. The Kier molecular flexibility index (Phi) is 6.93. The van der Waals surface area contributed by atoms with Crippen LogP contribution in [0.5, 0.6) is 0 Å². The van der Waals surface area contributed by atoms with E-state index in [-0.39, 0.29) is 45.0 Å². The summed E-state index contributed by atoms with van der Waals surface area (Å²) in [5.74, 6) is -1.16. The third-order valence-corrected chi connectivity index (χ3v) is 7.26. The maximum absolute atomic E-state index is 15.1. The van der Waals surface area contributed by atoms with Crippen molar-refractivity contribution in [3.63, 3.8) is 0 Å². The van der Waals surface area contributed by atoms with Gasteiger partial charge in [-0.3, -0.25) is 9.59 Å². The number of nitrogen functional groups attached to an aromatic ring is 1. The van der Waals surface area contributed by atoms with Gasteiger partial charge in [0.1, 0.15) is 11.6 Å². The first kappa shape index (κ1) is 25.9. The van der Waals surface area contributed by atoms with Gasteiger partial charge in [0.15, 0.2) is 5.82 Å². The van der Waals surface area contributed by atoms with E-state index >= 15 is 4.39 Å². The summed E-state index contributed by atoms with van der Waals surface area (Å²) in [6.07, 6.45) is 5.62. The molecule has 4 aromatic rings. The van der Waals surface area contributed by atoms with Crippen LogP contribution in [0, 0.1) is 11.6 Å². The van der Waals surface area contributed by atoms with E-state index in [1.807, 2.05) is 12.0 Å². The monoisotopic (exact) mass is 541 g/mol. The van der Waals surface area contributed by atoms with Crippen molar-refractivity contribution in [2.75, 3.05) is 24.3 Å². The van der Waals surface area contributed by atoms with E-state index in [2.05, 4.69) is 29.6 Å². The summed E-state index contributed by atoms with van der Waals surface area (Å²) in [7, 11) is 2.71. The number of halogens is 2. The van der Waals surface area contributed by atoms with Gasteiger partial charge in [0.05, 0.1) is 41.2 Å². The van der Waals surface area contributed by atoms with Crippen LogP contribution in [0.4, 0.5) is 20.3 Å². The molecule has 38 heavy (non-hydrogen) atoms. The van der Waals surface area contributed by atoms with Crippen LogP contribution in [-0.4, -0.2) is 44.0 Å². The molecular weight excluding hydrogens is 515 g/mol. The normalized spacial score (nSPS) is 15.3. The first-order chi connectivity index (χ1) is 18.2. The van der Waals surface area contributed by atoms with E-state index in [9.17, 15) is 14.0 Å². The van der Waals surface area contributed by atoms with Gasteiger partial charge < -0.3 is 20.4 Å². The van der Waals surface area contributed by atoms with Crippen molar-refractivity contribution in [2.24, 2.45) is 0 Å². The molecular formula is C25H26F2N7O3P. The Balaban J connectivity index is 1.31. The zero-order chi connectivity index (χ0) is 27.0. The molecule has 5 rings (SSSR count). The van der Waals surface area contributed by atoms with Crippen LogP contribution >= 0.6 is 9.24 Å². The van der Waals surface area contributed by atoms with Crippen molar-refractivity contribution in [3.05, 3.63) is 74.7 Å². The van der Waals surface area contributed by atoms with Crippen LogP contribution in [0.15, 0.2) is 46.4 Å². The van der Waals surface area contributed by atoms with Crippen LogP contribution in [0.2, 0.25) is 0 Å². The third kappa shape index (κ3) is 4.89. The van der Waals surface area contributed by atoms with Crippen LogP contribution in [0.1, 0.15) is 25.3 Å². The highest BCUT2D eigenvalue weighted by Crippen LogP contribution is 2.41. The number of rotatable bonds is 8. The highest BCUT2D eigenvalue weighted by molar-refractivity contribution is 7.18. The second kappa shape index (κ2) is 10.2. The summed E-state index contributed by atoms with van der Waals surface area (Å²) in [6, 6.07) is 4.30. The van der Waals surface area contributed by atoms with Gasteiger partial charge in [-0.05, 0) is 43.4 Å². The third-order valence-electron chi connectivity index (χ3n) is 6.61. The fourth-order valence-corrected chi connectivity index (χ4v) is 4.89. The van der Waals surface area contributed by atoms with E-state index in [4.69, 9.17) is 10.5 Å². The molecule has 13 heteroatoms. The lowest BCUT2D eigenvalue weighted by Gasteiger charge is -2.38. The topological polar surface area (TPSA) is 141 Å². The highest BCUT2D eigenvalue weighted by atomic mass is 31.0. The van der Waals surface area contributed by atoms with Crippen LogP contribution in [0.25, 0.3) is 22.2 Å². The Hall–Kier alpha value is -3.76. The molecule has 0 amide bonds. The van der Waals surface area contributed by atoms with Crippen molar-refractivity contribution in [2.45, 2.75) is 37.5 Å². The lowest BCUT2D eigenvalue weighted by atomic mass is 9.98. The Bertz CT molecular complexity index is 1640. The Morgan fingerprint density at radius 1 is 1.29 bits per heavy atom. The van der Waals surface area contributed by atoms with E-state index in [1.165, 1.54) is 16.8 Å². The number of hydrogen-bond acceptors (Lipinski definition) is 8. The van der Waals surface area contributed by atoms with Crippen molar-refractivity contribution < 1.29 is 13.5 Å². The summed E-state index contributed by atoms with van der Waals surface area (Å²) in [5.41, 5.74) is 5.81. The smallest absolute Gasteiger partial charge is 0.302 e. The van der Waals surface area contributed by atoms with Gasteiger partial charge in [0, 0.05) is 30.5 Å². The lowest BCUT2D eigenvalue weighted by molar-refractivity contribution is -0.0114. The standard InChI is InChI=1S/C25H26F2N7O3P/c1-13(31-19-10-30-33-23(35)20(19)27)3-2-5-34-6-4-14-7-16(18(26)8-15(14)24(34)36)22-29-9-17(21(28)32-22)25(38)11-37-12-25/h4,6-10,13H,2-3,5,11-12,38H2,1H3,(H2,28,29,32)(H2,31,33,35)/t13-/m0/s1. The number of nitrogens with zero attached hydrogens (tertiary/aromatic N) is 4. The molecule has 1 fully saturated rings. The molecule has 4 heterocycles. The molecule has 0 aliphatic carbocycles. The number of nitrogens with one attached hydrogen (secondary N) is 2. The lowest BCUT2D eigenvalue weighted by Crippen LogP contribution is -2.41. The molecule has 4 N–H and O–H groups in total. The first-order valence-electron chi connectivity index (χ1n) is 12.0. The van der Waals surface area contributed by atoms with Crippen molar-refractivity contribution in [1.82, 2.24) is 24.7 Å². The number of benzene rings is 1. The summed E-state index contributed by atoms with van der Waals surface area (Å²) < 4.78 is 35.8. The van der Waals surface area contributed by atoms with Crippen molar-refractivity contribution in [3.8, 4) is 11.4 Å². The molecule has 1 aliphatic rings. The molecule has 3 aromatic heterocycles. The molecule has 1 aliphatic heterocycles. The number of fused-ring (bicyclic) bond motifs is 1. The van der Waals surface area contributed by atoms with Crippen molar-refractivity contribution in [1.29, 1.82) is 0 Å². The summed E-state index contributed by atoms with van der Waals surface area (Å²) in [5, 5.41) is 8.97. The second-order valence-electron chi connectivity index (χ2n) is 9.49. The molecule has 1 saturated heterocycles. The predicted octanol–water partition coefficient (Wildman–Crippen LogP) is 2.78. The average Bonchev–Trinajstić information content (AvgIpc) is 2.87. The van der Waals surface area contributed by atoms with Crippen LogP contribution < -0.4 is 22.2 Å². The molecule has 198 valence electrons. The number of ether oxygens (including phenoxy) is 1. The summed E-state index contributed by atoms with van der Waals surface area (Å²) in [6.45, 7) is 3.19. The number of pyridine rings is 1. The molecule has 2 atom stereocenters. The van der Waals surface area contributed by atoms with Gasteiger partial charge in [-0.1, -0.05) is 0 Å². The van der Waals surface area contributed by atoms with E-state index < -0.39 is 17.2 Å². The minimum Gasteiger partial charge on any atom is -0.383 e. The Morgan fingerprint density at radius 3 is 2.79 bits per heavy atom. The molecule has 1 unspecified atom stereocenters. The zero-order valence-corrected chi connectivity index (χ0v) is 21.7. The quantitative estimate of drug-likeness (QED) is 0.289. The maximum Gasteiger partial charge on any atom is 0.302 e.